The number of aliphatic hydroxyl groups is 1. The second kappa shape index (κ2) is 5.01. The number of hydrogen-bond acceptors (Lipinski definition) is 4. The Balaban J connectivity index is 1.94. The van der Waals surface area contributed by atoms with E-state index in [1.54, 1.807) is 0 Å². The molecule has 2 fully saturated rings. The zero-order chi connectivity index (χ0) is 12.4. The lowest BCUT2D eigenvalue weighted by atomic mass is 10.1. The van der Waals surface area contributed by atoms with E-state index < -0.39 is 18.1 Å². The summed E-state index contributed by atoms with van der Waals surface area (Å²) in [5.41, 5.74) is 0. The van der Waals surface area contributed by atoms with Crippen molar-refractivity contribution in [1.29, 1.82) is 0 Å². The standard InChI is InChI=1S/C11H17NO5/c13-7-4-9(11(15)16)12(6-7)10(14)5-8-2-1-3-17-8/h7-9,13H,1-6H2,(H,15,16). The molecule has 2 aliphatic heterocycles. The van der Waals surface area contributed by atoms with Crippen LogP contribution in [0.5, 0.6) is 0 Å². The van der Waals surface area contributed by atoms with Gasteiger partial charge in [0.1, 0.15) is 6.04 Å². The van der Waals surface area contributed by atoms with Crippen molar-refractivity contribution in [2.24, 2.45) is 0 Å². The fraction of sp³-hybridized carbons (Fsp3) is 0.818. The molecule has 0 aliphatic carbocycles. The summed E-state index contributed by atoms with van der Waals surface area (Å²) in [4.78, 5) is 24.2. The highest BCUT2D eigenvalue weighted by molar-refractivity contribution is 5.84. The van der Waals surface area contributed by atoms with Gasteiger partial charge in [0, 0.05) is 19.6 Å². The molecule has 2 N–H and O–H groups in total. The van der Waals surface area contributed by atoms with Gasteiger partial charge in [-0.15, -0.1) is 0 Å². The number of carboxylic acid groups (broad SMARTS) is 1. The van der Waals surface area contributed by atoms with Crippen molar-refractivity contribution in [3.8, 4) is 0 Å². The van der Waals surface area contributed by atoms with Gasteiger partial charge in [-0.05, 0) is 12.8 Å². The van der Waals surface area contributed by atoms with Crippen LogP contribution in [-0.4, -0.2) is 58.4 Å². The average molecular weight is 243 g/mol. The summed E-state index contributed by atoms with van der Waals surface area (Å²) in [6.07, 6.45) is 1.31. The molecule has 3 atom stereocenters. The van der Waals surface area contributed by atoms with Gasteiger partial charge in [-0.2, -0.15) is 0 Å². The SMILES string of the molecule is O=C(O)C1CC(O)CN1C(=O)CC1CCCO1. The van der Waals surface area contributed by atoms with E-state index in [1.165, 1.54) is 4.90 Å². The van der Waals surface area contributed by atoms with E-state index in [-0.39, 0.29) is 31.4 Å². The quantitative estimate of drug-likeness (QED) is 0.704. The lowest BCUT2D eigenvalue weighted by molar-refractivity contribution is -0.149. The smallest absolute Gasteiger partial charge is 0.326 e. The molecule has 17 heavy (non-hydrogen) atoms. The Labute approximate surface area is 99.2 Å². The number of β-amino-alcohol motifs (C(OH)–C–C–N with tert-alkyl or cyclic N) is 1. The maximum atomic E-state index is 11.9. The molecular weight excluding hydrogens is 226 g/mol. The van der Waals surface area contributed by atoms with E-state index in [9.17, 15) is 14.7 Å². The van der Waals surface area contributed by atoms with Crippen molar-refractivity contribution in [3.05, 3.63) is 0 Å². The maximum absolute atomic E-state index is 11.9. The second-order valence-electron chi connectivity index (χ2n) is 4.63. The summed E-state index contributed by atoms with van der Waals surface area (Å²) in [7, 11) is 0. The number of rotatable bonds is 3. The Morgan fingerprint density at radius 2 is 2.18 bits per heavy atom. The Kier molecular flexibility index (Phi) is 3.63. The molecule has 2 heterocycles. The molecule has 0 saturated carbocycles. The number of carboxylic acids is 1. The Bertz CT molecular complexity index is 313. The largest absolute Gasteiger partial charge is 0.480 e. The Hall–Kier alpha value is -1.14. The van der Waals surface area contributed by atoms with Crippen molar-refractivity contribution in [3.63, 3.8) is 0 Å². The molecule has 0 bridgehead atoms. The van der Waals surface area contributed by atoms with Crippen LogP contribution in [0.2, 0.25) is 0 Å². The molecule has 0 aromatic carbocycles. The lowest BCUT2D eigenvalue weighted by Crippen LogP contribution is -2.41. The van der Waals surface area contributed by atoms with Gasteiger partial charge in [0.15, 0.2) is 0 Å². The number of likely N-dealkylation sites (tertiary alicyclic amines) is 1. The summed E-state index contributed by atoms with van der Waals surface area (Å²) in [6.45, 7) is 0.783. The van der Waals surface area contributed by atoms with Gasteiger partial charge in [0.2, 0.25) is 5.91 Å². The third-order valence-electron chi connectivity index (χ3n) is 3.31. The molecule has 6 nitrogen and oxygen atoms in total. The normalized spacial score (nSPS) is 33.0. The van der Waals surface area contributed by atoms with Gasteiger partial charge in [0.25, 0.3) is 0 Å². The summed E-state index contributed by atoms with van der Waals surface area (Å²) in [5.74, 6) is -1.29. The zero-order valence-electron chi connectivity index (χ0n) is 9.54. The highest BCUT2D eigenvalue weighted by Crippen LogP contribution is 2.22. The van der Waals surface area contributed by atoms with Gasteiger partial charge >= 0.3 is 5.97 Å². The highest BCUT2D eigenvalue weighted by Gasteiger charge is 2.39. The predicted octanol–water partition coefficient (Wildman–Crippen LogP) is -0.398. The van der Waals surface area contributed by atoms with Crippen LogP contribution in [0.3, 0.4) is 0 Å². The lowest BCUT2D eigenvalue weighted by Gasteiger charge is -2.22. The molecule has 0 radical (unpaired) electrons. The molecule has 0 aromatic heterocycles. The van der Waals surface area contributed by atoms with E-state index in [0.717, 1.165) is 12.8 Å². The van der Waals surface area contributed by atoms with E-state index in [4.69, 9.17) is 9.84 Å². The molecule has 2 saturated heterocycles. The molecular formula is C11H17NO5. The first kappa shape index (κ1) is 12.3. The van der Waals surface area contributed by atoms with Gasteiger partial charge < -0.3 is 19.8 Å². The summed E-state index contributed by atoms with van der Waals surface area (Å²) in [6, 6.07) is -0.890. The summed E-state index contributed by atoms with van der Waals surface area (Å²) >= 11 is 0. The first-order valence-electron chi connectivity index (χ1n) is 5.90. The topological polar surface area (TPSA) is 87.1 Å². The van der Waals surface area contributed by atoms with Crippen LogP contribution >= 0.6 is 0 Å². The molecule has 96 valence electrons. The van der Waals surface area contributed by atoms with Gasteiger partial charge in [-0.25, -0.2) is 4.79 Å². The second-order valence-corrected chi connectivity index (χ2v) is 4.63. The molecule has 2 aliphatic rings. The zero-order valence-corrected chi connectivity index (χ0v) is 9.54. The fourth-order valence-corrected chi connectivity index (χ4v) is 2.44. The first-order valence-corrected chi connectivity index (χ1v) is 5.90. The predicted molar refractivity (Wildman–Crippen MR) is 57.4 cm³/mol. The monoisotopic (exact) mass is 243 g/mol. The molecule has 3 unspecified atom stereocenters. The van der Waals surface area contributed by atoms with Crippen LogP contribution in [0.4, 0.5) is 0 Å². The molecule has 2 rings (SSSR count). The summed E-state index contributed by atoms with van der Waals surface area (Å²) < 4.78 is 5.35. The number of ether oxygens (including phenoxy) is 1. The minimum absolute atomic E-state index is 0.0883. The van der Waals surface area contributed by atoms with Crippen LogP contribution in [-0.2, 0) is 14.3 Å². The van der Waals surface area contributed by atoms with E-state index in [1.807, 2.05) is 0 Å². The number of aliphatic hydroxyl groups excluding tert-OH is 1. The van der Waals surface area contributed by atoms with Gasteiger partial charge in [-0.3, -0.25) is 4.79 Å². The number of aliphatic carboxylic acids is 1. The van der Waals surface area contributed by atoms with Gasteiger partial charge in [-0.1, -0.05) is 0 Å². The third kappa shape index (κ3) is 2.76. The van der Waals surface area contributed by atoms with E-state index in [0.29, 0.717) is 6.61 Å². The van der Waals surface area contributed by atoms with Crippen LogP contribution < -0.4 is 0 Å². The minimum atomic E-state index is -1.05. The number of hydrogen-bond donors (Lipinski definition) is 2. The van der Waals surface area contributed by atoms with Crippen molar-refractivity contribution >= 4 is 11.9 Å². The van der Waals surface area contributed by atoms with Crippen molar-refractivity contribution in [1.82, 2.24) is 4.90 Å². The van der Waals surface area contributed by atoms with Gasteiger partial charge in [0.05, 0.1) is 18.6 Å². The minimum Gasteiger partial charge on any atom is -0.480 e. The molecule has 0 aromatic rings. The Morgan fingerprint density at radius 1 is 1.41 bits per heavy atom. The Morgan fingerprint density at radius 3 is 2.76 bits per heavy atom. The number of amides is 1. The third-order valence-corrected chi connectivity index (χ3v) is 3.31. The average Bonchev–Trinajstić information content (AvgIpc) is 2.86. The highest BCUT2D eigenvalue weighted by atomic mass is 16.5. The van der Waals surface area contributed by atoms with E-state index >= 15 is 0 Å². The van der Waals surface area contributed by atoms with Crippen LogP contribution in [0.15, 0.2) is 0 Å². The van der Waals surface area contributed by atoms with Crippen molar-refractivity contribution in [2.45, 2.75) is 43.9 Å². The first-order chi connectivity index (χ1) is 8.08. The molecule has 6 heteroatoms. The van der Waals surface area contributed by atoms with E-state index in [2.05, 4.69) is 0 Å². The fourth-order valence-electron chi connectivity index (χ4n) is 2.44. The number of carbonyl (C=O) groups excluding carboxylic acids is 1. The number of nitrogens with zero attached hydrogens (tertiary/aromatic N) is 1. The number of carbonyl (C=O) groups is 2. The maximum Gasteiger partial charge on any atom is 0.326 e. The van der Waals surface area contributed by atoms with Crippen LogP contribution in [0, 0.1) is 0 Å². The van der Waals surface area contributed by atoms with Crippen molar-refractivity contribution in [2.75, 3.05) is 13.2 Å². The van der Waals surface area contributed by atoms with Crippen LogP contribution in [0.1, 0.15) is 25.7 Å². The molecule has 0 spiro atoms. The summed E-state index contributed by atoms with van der Waals surface area (Å²) in [5, 5.41) is 18.4. The van der Waals surface area contributed by atoms with Crippen LogP contribution in [0.25, 0.3) is 0 Å². The molecule has 1 amide bonds. The van der Waals surface area contributed by atoms with Crippen molar-refractivity contribution < 1.29 is 24.5 Å².